The molecule has 3 heterocycles. The molecule has 1 amide bonds. The monoisotopic (exact) mass is 355 g/mol. The number of amides is 1. The molecule has 2 unspecified atom stereocenters. The smallest absolute Gasteiger partial charge is 0.230 e. The van der Waals surface area contributed by atoms with Crippen LogP contribution < -0.4 is 5.32 Å². The maximum absolute atomic E-state index is 12.1. The Hall–Kier alpha value is -1.12. The highest BCUT2D eigenvalue weighted by atomic mass is 32.2. The van der Waals surface area contributed by atoms with Crippen molar-refractivity contribution in [1.29, 1.82) is 0 Å². The largest absolute Gasteiger partial charge is 0.353 e. The van der Waals surface area contributed by atoms with E-state index in [1.165, 1.54) is 18.0 Å². The first-order chi connectivity index (χ1) is 10.9. The molecule has 0 aliphatic carbocycles. The molecule has 1 N–H and O–H groups in total. The minimum atomic E-state index is -3.15. The van der Waals surface area contributed by atoms with Crippen LogP contribution in [0.3, 0.4) is 0 Å². The van der Waals surface area contributed by atoms with E-state index in [0.717, 1.165) is 30.6 Å². The highest BCUT2D eigenvalue weighted by Gasteiger charge is 2.45. The van der Waals surface area contributed by atoms with Crippen molar-refractivity contribution < 1.29 is 13.2 Å². The molecular formula is C15H21N3O3S2. The minimum Gasteiger partial charge on any atom is -0.353 e. The van der Waals surface area contributed by atoms with Gasteiger partial charge in [-0.05, 0) is 37.8 Å². The maximum Gasteiger partial charge on any atom is 0.230 e. The third-order valence-corrected chi connectivity index (χ3v) is 6.81. The quantitative estimate of drug-likeness (QED) is 0.804. The first kappa shape index (κ1) is 16.7. The number of rotatable bonds is 5. The Kier molecular flexibility index (Phi) is 4.93. The lowest BCUT2D eigenvalue weighted by molar-refractivity contribution is -0.119. The number of nitrogens with zero attached hydrogens (tertiary/aromatic N) is 2. The van der Waals surface area contributed by atoms with Crippen LogP contribution >= 0.6 is 11.8 Å². The Morgan fingerprint density at radius 2 is 1.91 bits per heavy atom. The van der Waals surface area contributed by atoms with Gasteiger partial charge in [-0.25, -0.2) is 8.42 Å². The molecule has 0 spiro atoms. The highest BCUT2D eigenvalue weighted by Crippen LogP contribution is 2.37. The first-order valence-corrected chi connectivity index (χ1v) is 10.6. The van der Waals surface area contributed by atoms with Gasteiger partial charge in [0, 0.05) is 35.4 Å². The van der Waals surface area contributed by atoms with E-state index in [-0.39, 0.29) is 24.0 Å². The lowest BCUT2D eigenvalue weighted by Crippen LogP contribution is -2.52. The summed E-state index contributed by atoms with van der Waals surface area (Å²) in [5, 5.41) is 3.07. The van der Waals surface area contributed by atoms with E-state index in [4.69, 9.17) is 0 Å². The second-order valence-corrected chi connectivity index (χ2v) is 9.12. The topological polar surface area (TPSA) is 79.4 Å². The SMILES string of the molecule is CS(=O)(=O)N1C2CCC1CC(NC(=O)CSc1ccncc1)C2. The molecule has 3 rings (SSSR count). The van der Waals surface area contributed by atoms with Crippen LogP contribution in [0.1, 0.15) is 25.7 Å². The Morgan fingerprint density at radius 1 is 1.30 bits per heavy atom. The highest BCUT2D eigenvalue weighted by molar-refractivity contribution is 8.00. The van der Waals surface area contributed by atoms with Crippen molar-refractivity contribution in [1.82, 2.24) is 14.6 Å². The lowest BCUT2D eigenvalue weighted by atomic mass is 10.00. The fourth-order valence-corrected chi connectivity index (χ4v) is 5.81. The molecule has 2 bridgehead atoms. The van der Waals surface area contributed by atoms with Gasteiger partial charge in [-0.2, -0.15) is 4.31 Å². The summed E-state index contributed by atoms with van der Waals surface area (Å²) in [6.45, 7) is 0. The molecule has 2 aliphatic rings. The molecular weight excluding hydrogens is 334 g/mol. The van der Waals surface area contributed by atoms with Gasteiger partial charge in [0.05, 0.1) is 12.0 Å². The van der Waals surface area contributed by atoms with Crippen LogP contribution in [-0.4, -0.2) is 53.7 Å². The van der Waals surface area contributed by atoms with Crippen molar-refractivity contribution in [2.45, 2.75) is 48.7 Å². The Morgan fingerprint density at radius 3 is 2.48 bits per heavy atom. The molecule has 126 valence electrons. The van der Waals surface area contributed by atoms with E-state index in [1.807, 2.05) is 12.1 Å². The molecule has 1 aromatic heterocycles. The number of sulfonamides is 1. The zero-order valence-electron chi connectivity index (χ0n) is 13.0. The Balaban J connectivity index is 1.51. The number of nitrogens with one attached hydrogen (secondary N) is 1. The zero-order valence-corrected chi connectivity index (χ0v) is 14.6. The van der Waals surface area contributed by atoms with Crippen molar-refractivity contribution in [3.8, 4) is 0 Å². The van der Waals surface area contributed by atoms with Gasteiger partial charge >= 0.3 is 0 Å². The van der Waals surface area contributed by atoms with E-state index in [0.29, 0.717) is 5.75 Å². The molecule has 2 fully saturated rings. The molecule has 8 heteroatoms. The van der Waals surface area contributed by atoms with Crippen molar-refractivity contribution in [2.75, 3.05) is 12.0 Å². The minimum absolute atomic E-state index is 0.00372. The number of aromatic nitrogens is 1. The molecule has 1 aromatic rings. The van der Waals surface area contributed by atoms with Crippen molar-refractivity contribution in [3.05, 3.63) is 24.5 Å². The second-order valence-electron chi connectivity index (χ2n) is 6.19. The fraction of sp³-hybridized carbons (Fsp3) is 0.600. The first-order valence-electron chi connectivity index (χ1n) is 7.74. The standard InChI is InChI=1S/C15H21N3O3S2/c1-23(20,21)18-12-2-3-13(18)9-11(8-12)17-15(19)10-22-14-4-6-16-7-5-14/h4-7,11-13H,2-3,8-10H2,1H3,(H,17,19). The number of pyridine rings is 1. The number of thioether (sulfide) groups is 1. The van der Waals surface area contributed by atoms with E-state index >= 15 is 0 Å². The van der Waals surface area contributed by atoms with Gasteiger partial charge in [0.25, 0.3) is 0 Å². The number of hydrogen-bond acceptors (Lipinski definition) is 5. The molecule has 2 saturated heterocycles. The van der Waals surface area contributed by atoms with Gasteiger partial charge in [-0.15, -0.1) is 11.8 Å². The normalized spacial score (nSPS) is 27.8. The number of fused-ring (bicyclic) bond motifs is 2. The number of hydrogen-bond donors (Lipinski definition) is 1. The summed E-state index contributed by atoms with van der Waals surface area (Å²) in [4.78, 5) is 17.1. The lowest BCUT2D eigenvalue weighted by Gasteiger charge is -2.37. The van der Waals surface area contributed by atoms with Gasteiger partial charge in [0.1, 0.15) is 0 Å². The van der Waals surface area contributed by atoms with Gasteiger partial charge in [-0.3, -0.25) is 9.78 Å². The summed E-state index contributed by atoms with van der Waals surface area (Å²) < 4.78 is 25.4. The van der Waals surface area contributed by atoms with Crippen LogP contribution in [0.25, 0.3) is 0 Å². The Bertz CT molecular complexity index is 652. The van der Waals surface area contributed by atoms with Crippen LogP contribution in [-0.2, 0) is 14.8 Å². The molecule has 0 saturated carbocycles. The van der Waals surface area contributed by atoms with E-state index in [1.54, 1.807) is 16.7 Å². The van der Waals surface area contributed by atoms with Crippen molar-refractivity contribution in [2.24, 2.45) is 0 Å². The predicted octanol–water partition coefficient (Wildman–Crippen LogP) is 1.24. The van der Waals surface area contributed by atoms with Gasteiger partial charge in [0.2, 0.25) is 15.9 Å². The number of carbonyl (C=O) groups excluding carboxylic acids is 1. The van der Waals surface area contributed by atoms with Gasteiger partial charge < -0.3 is 5.32 Å². The molecule has 2 atom stereocenters. The third-order valence-electron chi connectivity index (χ3n) is 4.43. The summed E-state index contributed by atoms with van der Waals surface area (Å²) >= 11 is 1.48. The van der Waals surface area contributed by atoms with Crippen molar-refractivity contribution in [3.63, 3.8) is 0 Å². The van der Waals surface area contributed by atoms with Gasteiger partial charge in [-0.1, -0.05) is 0 Å². The molecule has 0 aromatic carbocycles. The van der Waals surface area contributed by atoms with Crippen LogP contribution in [0.4, 0.5) is 0 Å². The fourth-order valence-electron chi connectivity index (χ4n) is 3.65. The van der Waals surface area contributed by atoms with Crippen LogP contribution in [0.2, 0.25) is 0 Å². The third kappa shape index (κ3) is 4.05. The zero-order chi connectivity index (χ0) is 16.4. The summed E-state index contributed by atoms with van der Waals surface area (Å²) in [5.74, 6) is 0.370. The summed E-state index contributed by atoms with van der Waals surface area (Å²) in [5.41, 5.74) is 0. The molecule has 23 heavy (non-hydrogen) atoms. The van der Waals surface area contributed by atoms with E-state index in [9.17, 15) is 13.2 Å². The van der Waals surface area contributed by atoms with Gasteiger partial charge in [0.15, 0.2) is 0 Å². The summed E-state index contributed by atoms with van der Waals surface area (Å²) in [6, 6.07) is 3.92. The van der Waals surface area contributed by atoms with Crippen LogP contribution in [0.15, 0.2) is 29.4 Å². The van der Waals surface area contributed by atoms with E-state index < -0.39 is 10.0 Å². The predicted molar refractivity (Wildman–Crippen MR) is 89.6 cm³/mol. The summed E-state index contributed by atoms with van der Waals surface area (Å²) in [6.07, 6.45) is 7.93. The second kappa shape index (κ2) is 6.78. The van der Waals surface area contributed by atoms with Crippen LogP contribution in [0, 0.1) is 0 Å². The molecule has 6 nitrogen and oxygen atoms in total. The molecule has 2 aliphatic heterocycles. The van der Waals surface area contributed by atoms with Crippen LogP contribution in [0.5, 0.6) is 0 Å². The van der Waals surface area contributed by atoms with Crippen molar-refractivity contribution >= 4 is 27.7 Å². The average Bonchev–Trinajstić information content (AvgIpc) is 2.79. The molecule has 0 radical (unpaired) electrons. The summed E-state index contributed by atoms with van der Waals surface area (Å²) in [7, 11) is -3.15. The average molecular weight is 355 g/mol. The van der Waals surface area contributed by atoms with E-state index in [2.05, 4.69) is 10.3 Å². The Labute approximate surface area is 141 Å². The number of carbonyl (C=O) groups is 1. The maximum atomic E-state index is 12.1. The number of piperidine rings is 1.